The molecule has 0 unspecified atom stereocenters. The largest absolute Gasteiger partial charge is 0.486 e. The summed E-state index contributed by atoms with van der Waals surface area (Å²) in [7, 11) is 1.81. The van der Waals surface area contributed by atoms with Crippen molar-refractivity contribution in [1.82, 2.24) is 15.0 Å². The van der Waals surface area contributed by atoms with Crippen LogP contribution in [0.2, 0.25) is 0 Å². The van der Waals surface area contributed by atoms with Gasteiger partial charge in [-0.1, -0.05) is 5.92 Å². The van der Waals surface area contributed by atoms with Gasteiger partial charge in [0.2, 0.25) is 5.91 Å². The van der Waals surface area contributed by atoms with E-state index in [0.717, 1.165) is 42.2 Å². The SMILES string of the molecule is CNc1ncc(C#Cc2ccc(O[C@@H]3CCOC3)cn2)c2cc(NC(=O)C3CC3)ncc12. The number of aromatic nitrogens is 3. The van der Waals surface area contributed by atoms with Gasteiger partial charge in [-0.05, 0) is 37.0 Å². The fourth-order valence-corrected chi connectivity index (χ4v) is 3.53. The number of carbonyl (C=O) groups excluding carboxylic acids is 1. The number of hydrogen-bond donors (Lipinski definition) is 2. The van der Waals surface area contributed by atoms with E-state index in [9.17, 15) is 4.79 Å². The average Bonchev–Trinajstić information content (AvgIpc) is 3.55. The van der Waals surface area contributed by atoms with Crippen molar-refractivity contribution in [2.24, 2.45) is 5.92 Å². The maximum atomic E-state index is 12.1. The Morgan fingerprint density at radius 1 is 1.09 bits per heavy atom. The van der Waals surface area contributed by atoms with Crippen LogP contribution in [-0.2, 0) is 9.53 Å². The quantitative estimate of drug-likeness (QED) is 0.602. The van der Waals surface area contributed by atoms with Crippen molar-refractivity contribution in [2.75, 3.05) is 30.9 Å². The lowest BCUT2D eigenvalue weighted by molar-refractivity contribution is -0.117. The van der Waals surface area contributed by atoms with Crippen LogP contribution < -0.4 is 15.4 Å². The second kappa shape index (κ2) is 8.81. The molecule has 3 aromatic heterocycles. The summed E-state index contributed by atoms with van der Waals surface area (Å²) < 4.78 is 11.2. The van der Waals surface area contributed by atoms with Gasteiger partial charge in [0.05, 0.1) is 25.0 Å². The minimum atomic E-state index is 0.0167. The topological polar surface area (TPSA) is 98.3 Å². The number of nitrogens with zero attached hydrogens (tertiary/aromatic N) is 3. The molecule has 3 aromatic rings. The number of amides is 1. The highest BCUT2D eigenvalue weighted by molar-refractivity contribution is 5.99. The Morgan fingerprint density at radius 2 is 2.00 bits per heavy atom. The van der Waals surface area contributed by atoms with Gasteiger partial charge in [0.15, 0.2) is 0 Å². The highest BCUT2D eigenvalue weighted by Crippen LogP contribution is 2.31. The van der Waals surface area contributed by atoms with Crippen LogP contribution >= 0.6 is 0 Å². The molecule has 1 saturated carbocycles. The van der Waals surface area contributed by atoms with E-state index in [1.165, 1.54) is 0 Å². The number of ether oxygens (including phenoxy) is 2. The maximum Gasteiger partial charge on any atom is 0.228 e. The van der Waals surface area contributed by atoms with Crippen molar-refractivity contribution in [1.29, 1.82) is 0 Å². The number of fused-ring (bicyclic) bond motifs is 1. The molecule has 2 N–H and O–H groups in total. The number of hydrogen-bond acceptors (Lipinski definition) is 7. The molecule has 8 nitrogen and oxygen atoms in total. The smallest absolute Gasteiger partial charge is 0.228 e. The van der Waals surface area contributed by atoms with Crippen LogP contribution in [0.25, 0.3) is 10.8 Å². The van der Waals surface area contributed by atoms with Gasteiger partial charge < -0.3 is 20.1 Å². The monoisotopic (exact) mass is 429 g/mol. The van der Waals surface area contributed by atoms with Gasteiger partial charge in [0, 0.05) is 42.6 Å². The van der Waals surface area contributed by atoms with Crippen molar-refractivity contribution >= 4 is 28.3 Å². The van der Waals surface area contributed by atoms with Gasteiger partial charge in [-0.25, -0.2) is 15.0 Å². The lowest BCUT2D eigenvalue weighted by Gasteiger charge is -2.10. The zero-order valence-electron chi connectivity index (χ0n) is 17.7. The van der Waals surface area contributed by atoms with Crippen LogP contribution in [0.1, 0.15) is 30.5 Å². The van der Waals surface area contributed by atoms with Crippen LogP contribution in [0.4, 0.5) is 11.6 Å². The minimum Gasteiger partial charge on any atom is -0.486 e. The molecule has 162 valence electrons. The summed E-state index contributed by atoms with van der Waals surface area (Å²) in [5.74, 6) is 8.30. The number of pyridine rings is 3. The lowest BCUT2D eigenvalue weighted by atomic mass is 10.1. The molecule has 2 aliphatic rings. The second-order valence-corrected chi connectivity index (χ2v) is 7.88. The number of anilines is 2. The van der Waals surface area contributed by atoms with Crippen LogP contribution in [0.3, 0.4) is 0 Å². The molecule has 4 heterocycles. The lowest BCUT2D eigenvalue weighted by Crippen LogP contribution is -2.15. The highest BCUT2D eigenvalue weighted by atomic mass is 16.5. The molecule has 1 aliphatic heterocycles. The van der Waals surface area contributed by atoms with Crippen LogP contribution in [0.5, 0.6) is 5.75 Å². The fourth-order valence-electron chi connectivity index (χ4n) is 3.53. The summed E-state index contributed by atoms with van der Waals surface area (Å²) in [6.45, 7) is 1.35. The first-order chi connectivity index (χ1) is 15.7. The molecule has 1 saturated heterocycles. The van der Waals surface area contributed by atoms with E-state index in [-0.39, 0.29) is 17.9 Å². The van der Waals surface area contributed by atoms with E-state index in [2.05, 4.69) is 37.4 Å². The first-order valence-corrected chi connectivity index (χ1v) is 10.7. The molecule has 0 bridgehead atoms. The first-order valence-electron chi connectivity index (χ1n) is 10.7. The maximum absolute atomic E-state index is 12.1. The molecule has 2 fully saturated rings. The van der Waals surface area contributed by atoms with Gasteiger partial charge in [0.1, 0.15) is 29.2 Å². The molecule has 8 heteroatoms. The number of nitrogens with one attached hydrogen (secondary N) is 2. The molecule has 1 amide bonds. The van der Waals surface area contributed by atoms with Gasteiger partial charge >= 0.3 is 0 Å². The Hall–Kier alpha value is -3.70. The zero-order valence-corrected chi connectivity index (χ0v) is 17.7. The Balaban J connectivity index is 1.40. The molecular formula is C24H23N5O3. The summed E-state index contributed by atoms with van der Waals surface area (Å²) in [6.07, 6.45) is 7.95. The second-order valence-electron chi connectivity index (χ2n) is 7.88. The molecular weight excluding hydrogens is 406 g/mol. The predicted molar refractivity (Wildman–Crippen MR) is 121 cm³/mol. The van der Waals surface area contributed by atoms with E-state index < -0.39 is 0 Å². The highest BCUT2D eigenvalue weighted by Gasteiger charge is 2.29. The summed E-state index contributed by atoms with van der Waals surface area (Å²) in [5, 5.41) is 7.66. The third-order valence-corrected chi connectivity index (χ3v) is 5.46. The van der Waals surface area contributed by atoms with Gasteiger partial charge in [-0.15, -0.1) is 0 Å². The van der Waals surface area contributed by atoms with E-state index in [0.29, 0.717) is 29.7 Å². The fraction of sp³-hybridized carbons (Fsp3) is 0.333. The Kier molecular flexibility index (Phi) is 5.57. The summed E-state index contributed by atoms with van der Waals surface area (Å²) in [6, 6.07) is 5.54. The van der Waals surface area contributed by atoms with Crippen LogP contribution in [0, 0.1) is 17.8 Å². The van der Waals surface area contributed by atoms with E-state index >= 15 is 0 Å². The Labute approximate surface area is 185 Å². The molecule has 0 aromatic carbocycles. The van der Waals surface area contributed by atoms with Gasteiger partial charge in [-0.3, -0.25) is 4.79 Å². The van der Waals surface area contributed by atoms with Crippen molar-refractivity contribution in [3.63, 3.8) is 0 Å². The summed E-state index contributed by atoms with van der Waals surface area (Å²) in [5.41, 5.74) is 1.36. The van der Waals surface area contributed by atoms with Gasteiger partial charge in [0.25, 0.3) is 0 Å². The van der Waals surface area contributed by atoms with Crippen LogP contribution in [0.15, 0.2) is 36.8 Å². The number of carbonyl (C=O) groups is 1. The zero-order chi connectivity index (χ0) is 21.9. The normalized spacial score (nSPS) is 17.5. The molecule has 1 atom stereocenters. The predicted octanol–water partition coefficient (Wildman–Crippen LogP) is 2.98. The van der Waals surface area contributed by atoms with E-state index in [4.69, 9.17) is 9.47 Å². The van der Waals surface area contributed by atoms with Crippen molar-refractivity contribution in [3.05, 3.63) is 48.0 Å². The molecule has 1 aliphatic carbocycles. The van der Waals surface area contributed by atoms with E-state index in [1.54, 1.807) is 25.6 Å². The van der Waals surface area contributed by atoms with Crippen LogP contribution in [-0.4, -0.2) is 47.2 Å². The van der Waals surface area contributed by atoms with E-state index in [1.807, 2.05) is 18.2 Å². The molecule has 0 radical (unpaired) electrons. The molecule has 0 spiro atoms. The molecule has 5 rings (SSSR count). The summed E-state index contributed by atoms with van der Waals surface area (Å²) >= 11 is 0. The van der Waals surface area contributed by atoms with Crippen molar-refractivity contribution in [2.45, 2.75) is 25.4 Å². The first kappa shape index (κ1) is 20.2. The minimum absolute atomic E-state index is 0.0167. The van der Waals surface area contributed by atoms with Crippen molar-refractivity contribution < 1.29 is 14.3 Å². The number of rotatable bonds is 5. The third kappa shape index (κ3) is 4.48. The Bertz CT molecular complexity index is 1210. The Morgan fingerprint density at radius 3 is 2.72 bits per heavy atom. The third-order valence-electron chi connectivity index (χ3n) is 5.46. The average molecular weight is 429 g/mol. The van der Waals surface area contributed by atoms with Gasteiger partial charge in [-0.2, -0.15) is 0 Å². The molecule has 32 heavy (non-hydrogen) atoms. The standard InChI is InChI=1S/C24H23N5O3/c1-25-23-21-13-27-22(29-24(30)15-2-3-15)10-20(21)16(11-28-23)4-5-17-6-7-18(12-26-17)32-19-8-9-31-14-19/h6-7,10-13,15,19H,2-3,8-9,14H2,1H3,(H,25,28)(H,27,29,30)/t19-/m1/s1. The van der Waals surface area contributed by atoms with Crippen molar-refractivity contribution in [3.8, 4) is 17.6 Å². The summed E-state index contributed by atoms with van der Waals surface area (Å²) in [4.78, 5) is 25.4.